The average Bonchev–Trinajstić information content (AvgIpc) is 2.60. The van der Waals surface area contributed by atoms with Crippen molar-refractivity contribution in [1.29, 1.82) is 0 Å². The minimum atomic E-state index is -0.0970. The van der Waals surface area contributed by atoms with Crippen LogP contribution in [-0.2, 0) is 13.0 Å². The normalized spacial score (nSPS) is 13.2. The maximum absolute atomic E-state index is 5.82. The lowest BCUT2D eigenvalue weighted by atomic mass is 9.95. The third-order valence-electron chi connectivity index (χ3n) is 2.10. The van der Waals surface area contributed by atoms with Crippen LogP contribution in [-0.4, -0.2) is 10.8 Å². The highest BCUT2D eigenvalue weighted by Crippen LogP contribution is 2.13. The van der Waals surface area contributed by atoms with Crippen molar-refractivity contribution in [2.75, 3.05) is 0 Å². The monoisotopic (exact) mass is 209 g/mol. The minimum Gasteiger partial charge on any atom is -0.444 e. The van der Waals surface area contributed by atoms with Crippen molar-refractivity contribution in [2.24, 2.45) is 16.1 Å². The summed E-state index contributed by atoms with van der Waals surface area (Å²) < 4.78 is 5.42. The summed E-state index contributed by atoms with van der Waals surface area (Å²) in [5.41, 5.74) is 5.72. The number of hydrogen-bond acceptors (Lipinski definition) is 3. The quantitative estimate of drug-likeness (QED) is 0.612. The zero-order chi connectivity index (χ0) is 11.5. The molecule has 0 spiro atoms. The van der Waals surface area contributed by atoms with Crippen molar-refractivity contribution in [2.45, 2.75) is 40.7 Å². The van der Waals surface area contributed by atoms with Gasteiger partial charge in [0.25, 0.3) is 0 Å². The second-order valence-corrected chi connectivity index (χ2v) is 4.53. The molecule has 15 heavy (non-hydrogen) atoms. The molecule has 4 heteroatoms. The number of rotatable bonds is 3. The van der Waals surface area contributed by atoms with Crippen molar-refractivity contribution >= 4 is 5.84 Å². The molecule has 2 N–H and O–H groups in total. The van der Waals surface area contributed by atoms with Crippen molar-refractivity contribution in [3.8, 4) is 0 Å². The van der Waals surface area contributed by atoms with Crippen molar-refractivity contribution < 1.29 is 4.42 Å². The van der Waals surface area contributed by atoms with E-state index in [9.17, 15) is 0 Å². The predicted octanol–water partition coefficient (Wildman–Crippen LogP) is 2.14. The molecule has 0 fully saturated rings. The third-order valence-corrected chi connectivity index (χ3v) is 2.10. The molecule has 84 valence electrons. The van der Waals surface area contributed by atoms with Crippen LogP contribution in [0.1, 0.15) is 39.3 Å². The zero-order valence-corrected chi connectivity index (χ0v) is 9.87. The van der Waals surface area contributed by atoms with Crippen LogP contribution in [0.3, 0.4) is 0 Å². The first-order valence-electron chi connectivity index (χ1n) is 5.17. The van der Waals surface area contributed by atoms with Crippen LogP contribution >= 0.6 is 0 Å². The van der Waals surface area contributed by atoms with Gasteiger partial charge in [-0.3, -0.25) is 4.99 Å². The molecule has 0 saturated heterocycles. The summed E-state index contributed by atoms with van der Waals surface area (Å²) in [6.45, 7) is 8.52. The Morgan fingerprint density at radius 1 is 1.53 bits per heavy atom. The lowest BCUT2D eigenvalue weighted by Gasteiger charge is -2.16. The third kappa shape index (κ3) is 3.38. The molecule has 0 atom stereocenters. The van der Waals surface area contributed by atoms with Gasteiger partial charge in [-0.25, -0.2) is 4.98 Å². The van der Waals surface area contributed by atoms with E-state index in [1.807, 2.05) is 27.7 Å². The van der Waals surface area contributed by atoms with Gasteiger partial charge in [0.2, 0.25) is 5.89 Å². The Morgan fingerprint density at radius 3 is 2.67 bits per heavy atom. The Kier molecular flexibility index (Phi) is 3.50. The van der Waals surface area contributed by atoms with Crippen LogP contribution in [0.15, 0.2) is 15.6 Å². The molecule has 0 aliphatic carbocycles. The van der Waals surface area contributed by atoms with Gasteiger partial charge in [-0.1, -0.05) is 27.7 Å². The molecular weight excluding hydrogens is 190 g/mol. The lowest BCUT2D eigenvalue weighted by Crippen LogP contribution is -2.29. The van der Waals surface area contributed by atoms with E-state index in [4.69, 9.17) is 10.2 Å². The number of aliphatic imine (C=N–C) groups is 1. The molecule has 0 aromatic carbocycles. The number of oxazole rings is 1. The van der Waals surface area contributed by atoms with E-state index in [0.717, 1.165) is 12.2 Å². The molecule has 0 bridgehead atoms. The number of nitrogens with two attached hydrogens (primary N) is 1. The number of aryl methyl sites for hydroxylation is 1. The van der Waals surface area contributed by atoms with Gasteiger partial charge in [0.1, 0.15) is 12.3 Å². The van der Waals surface area contributed by atoms with Crippen LogP contribution in [0.4, 0.5) is 0 Å². The van der Waals surface area contributed by atoms with Crippen LogP contribution < -0.4 is 5.73 Å². The van der Waals surface area contributed by atoms with Gasteiger partial charge in [0.05, 0.1) is 12.0 Å². The average molecular weight is 209 g/mol. The Balaban J connectivity index is 2.64. The highest BCUT2D eigenvalue weighted by Gasteiger charge is 2.15. The summed E-state index contributed by atoms with van der Waals surface area (Å²) in [5, 5.41) is 0. The highest BCUT2D eigenvalue weighted by atomic mass is 16.4. The predicted molar refractivity (Wildman–Crippen MR) is 60.7 cm³/mol. The maximum Gasteiger partial charge on any atom is 0.216 e. The molecular formula is C11H19N3O. The molecule has 0 saturated carbocycles. The zero-order valence-electron chi connectivity index (χ0n) is 9.87. The molecule has 0 radical (unpaired) electrons. The summed E-state index contributed by atoms with van der Waals surface area (Å²) in [6.07, 6.45) is 2.59. The van der Waals surface area contributed by atoms with E-state index in [0.29, 0.717) is 18.3 Å². The van der Waals surface area contributed by atoms with Gasteiger partial charge in [0, 0.05) is 11.8 Å². The fraction of sp³-hybridized carbons (Fsp3) is 0.636. The van der Waals surface area contributed by atoms with Crippen LogP contribution in [0.2, 0.25) is 0 Å². The number of amidine groups is 1. The van der Waals surface area contributed by atoms with Gasteiger partial charge >= 0.3 is 0 Å². The molecule has 1 aromatic heterocycles. The Hall–Kier alpha value is -1.32. The summed E-state index contributed by atoms with van der Waals surface area (Å²) in [6, 6.07) is 0. The number of hydrogen-bond donors (Lipinski definition) is 1. The second-order valence-electron chi connectivity index (χ2n) is 4.53. The fourth-order valence-corrected chi connectivity index (χ4v) is 0.975. The Morgan fingerprint density at radius 2 is 2.20 bits per heavy atom. The molecule has 0 amide bonds. The highest BCUT2D eigenvalue weighted by molar-refractivity contribution is 5.85. The standard InChI is InChI=1S/C11H19N3O/c1-5-8-6-13-9(15-8)7-14-10(12)11(2,3)4/h6H,5,7H2,1-4H3,(H2,12,14). The van der Waals surface area contributed by atoms with Gasteiger partial charge < -0.3 is 10.2 Å². The van der Waals surface area contributed by atoms with Gasteiger partial charge in [-0.2, -0.15) is 0 Å². The first-order chi connectivity index (χ1) is 6.93. The SMILES string of the molecule is CCc1cnc(CN=C(N)C(C)(C)C)o1. The van der Waals surface area contributed by atoms with Crippen LogP contribution in [0, 0.1) is 5.41 Å². The molecule has 1 heterocycles. The number of aromatic nitrogens is 1. The summed E-state index contributed by atoms with van der Waals surface area (Å²) in [4.78, 5) is 8.36. The largest absolute Gasteiger partial charge is 0.444 e. The first kappa shape index (κ1) is 11.8. The van der Waals surface area contributed by atoms with Gasteiger partial charge in [-0.05, 0) is 0 Å². The maximum atomic E-state index is 5.82. The Labute approximate surface area is 90.6 Å². The molecule has 0 aliphatic rings. The lowest BCUT2D eigenvalue weighted by molar-refractivity contribution is 0.460. The molecule has 0 aliphatic heterocycles. The van der Waals surface area contributed by atoms with E-state index in [1.165, 1.54) is 0 Å². The smallest absolute Gasteiger partial charge is 0.216 e. The summed E-state index contributed by atoms with van der Waals surface area (Å²) in [5.74, 6) is 2.13. The molecule has 1 aromatic rings. The number of nitrogens with zero attached hydrogens (tertiary/aromatic N) is 2. The van der Waals surface area contributed by atoms with E-state index in [2.05, 4.69) is 9.98 Å². The summed E-state index contributed by atoms with van der Waals surface area (Å²) in [7, 11) is 0. The molecule has 4 nitrogen and oxygen atoms in total. The fourth-order valence-electron chi connectivity index (χ4n) is 0.975. The van der Waals surface area contributed by atoms with Gasteiger partial charge in [-0.15, -0.1) is 0 Å². The van der Waals surface area contributed by atoms with Crippen molar-refractivity contribution in [3.05, 3.63) is 17.8 Å². The summed E-state index contributed by atoms with van der Waals surface area (Å²) >= 11 is 0. The molecule has 1 rings (SSSR count). The van der Waals surface area contributed by atoms with Crippen molar-refractivity contribution in [1.82, 2.24) is 4.98 Å². The Bertz CT molecular complexity index is 347. The van der Waals surface area contributed by atoms with Gasteiger partial charge in [0.15, 0.2) is 0 Å². The van der Waals surface area contributed by atoms with Crippen LogP contribution in [0.25, 0.3) is 0 Å². The minimum absolute atomic E-state index is 0.0970. The topological polar surface area (TPSA) is 64.4 Å². The second kappa shape index (κ2) is 4.47. The van der Waals surface area contributed by atoms with E-state index in [1.54, 1.807) is 6.20 Å². The molecule has 0 unspecified atom stereocenters. The van der Waals surface area contributed by atoms with E-state index < -0.39 is 0 Å². The van der Waals surface area contributed by atoms with E-state index in [-0.39, 0.29) is 5.41 Å². The van der Waals surface area contributed by atoms with Crippen LogP contribution in [0.5, 0.6) is 0 Å². The van der Waals surface area contributed by atoms with E-state index >= 15 is 0 Å². The van der Waals surface area contributed by atoms with Crippen molar-refractivity contribution in [3.63, 3.8) is 0 Å². The first-order valence-corrected chi connectivity index (χ1v) is 5.17.